The van der Waals surface area contributed by atoms with E-state index in [9.17, 15) is 9.18 Å². The molecule has 2 unspecified atom stereocenters. The van der Waals surface area contributed by atoms with Crippen molar-refractivity contribution < 1.29 is 9.18 Å². The third-order valence-electron chi connectivity index (χ3n) is 4.72. The predicted molar refractivity (Wildman–Crippen MR) is 74.2 cm³/mol. The highest BCUT2D eigenvalue weighted by molar-refractivity contribution is 6.00. The van der Waals surface area contributed by atoms with E-state index in [0.717, 1.165) is 30.6 Å². The van der Waals surface area contributed by atoms with Crippen molar-refractivity contribution in [3.8, 4) is 0 Å². The van der Waals surface area contributed by atoms with Crippen molar-refractivity contribution in [1.29, 1.82) is 0 Å². The number of Topliss-reactive ketones (excluding diaryl/α,β-unsaturated/α-hetero) is 1. The second-order valence-electron chi connectivity index (χ2n) is 6.03. The molecule has 19 heavy (non-hydrogen) atoms. The number of ketones is 1. The molecule has 0 amide bonds. The number of nitrogens with zero attached hydrogens (tertiary/aromatic N) is 1. The second-order valence-corrected chi connectivity index (χ2v) is 6.03. The Labute approximate surface area is 113 Å². The Morgan fingerprint density at radius 3 is 2.47 bits per heavy atom. The zero-order valence-corrected chi connectivity index (χ0v) is 11.6. The van der Waals surface area contributed by atoms with Crippen molar-refractivity contribution >= 4 is 11.5 Å². The van der Waals surface area contributed by atoms with Gasteiger partial charge >= 0.3 is 0 Å². The van der Waals surface area contributed by atoms with Gasteiger partial charge in [0.2, 0.25) is 0 Å². The number of carbonyl (C=O) groups is 1. The number of fused-ring (bicyclic) bond motifs is 1. The molecule has 2 aliphatic rings. The molecule has 3 heteroatoms. The zero-order valence-electron chi connectivity index (χ0n) is 11.6. The molecule has 3 rings (SSSR count). The highest BCUT2D eigenvalue weighted by Crippen LogP contribution is 2.40. The molecule has 1 aromatic rings. The maximum absolute atomic E-state index is 13.7. The molecule has 2 fully saturated rings. The number of hydrogen-bond donors (Lipinski definition) is 0. The molecule has 1 saturated heterocycles. The third-order valence-corrected chi connectivity index (χ3v) is 4.72. The summed E-state index contributed by atoms with van der Waals surface area (Å²) in [6, 6.07) is 3.24. The van der Waals surface area contributed by atoms with Crippen molar-refractivity contribution in [3.63, 3.8) is 0 Å². The summed E-state index contributed by atoms with van der Waals surface area (Å²) in [5.74, 6) is 1.20. The molecule has 1 aromatic carbocycles. The first-order valence-electron chi connectivity index (χ1n) is 7.12. The van der Waals surface area contributed by atoms with Crippen molar-refractivity contribution in [2.45, 2.75) is 33.1 Å². The summed E-state index contributed by atoms with van der Waals surface area (Å²) in [5.41, 5.74) is 2.08. The molecule has 0 N–H and O–H groups in total. The summed E-state index contributed by atoms with van der Waals surface area (Å²) in [7, 11) is 0. The Morgan fingerprint density at radius 1 is 1.26 bits per heavy atom. The van der Waals surface area contributed by atoms with Crippen LogP contribution in [0, 0.1) is 24.6 Å². The molecule has 1 saturated carbocycles. The number of halogens is 1. The van der Waals surface area contributed by atoms with Crippen LogP contribution < -0.4 is 4.90 Å². The summed E-state index contributed by atoms with van der Waals surface area (Å²) in [6.45, 7) is 5.33. The zero-order chi connectivity index (χ0) is 13.6. The average molecular weight is 261 g/mol. The van der Waals surface area contributed by atoms with Gasteiger partial charge in [0, 0.05) is 24.3 Å². The highest BCUT2D eigenvalue weighted by Gasteiger charge is 2.37. The fraction of sp³-hybridized carbons (Fsp3) is 0.562. The highest BCUT2D eigenvalue weighted by atomic mass is 19.1. The number of benzene rings is 1. The van der Waals surface area contributed by atoms with Gasteiger partial charge in [0.05, 0.1) is 0 Å². The summed E-state index contributed by atoms with van der Waals surface area (Å²) >= 11 is 0. The molecule has 0 bridgehead atoms. The molecule has 1 heterocycles. The van der Waals surface area contributed by atoms with E-state index in [4.69, 9.17) is 0 Å². The summed E-state index contributed by atoms with van der Waals surface area (Å²) in [4.78, 5) is 14.0. The standard InChI is InChI=1S/C16H20FNO/c1-10-6-16(14(11(2)19)7-15(10)17)18-8-12-4-3-5-13(12)9-18/h6-7,12-13H,3-5,8-9H2,1-2H3. The largest absolute Gasteiger partial charge is 0.370 e. The van der Waals surface area contributed by atoms with E-state index in [0.29, 0.717) is 11.1 Å². The van der Waals surface area contributed by atoms with E-state index >= 15 is 0 Å². The van der Waals surface area contributed by atoms with Crippen molar-refractivity contribution in [2.24, 2.45) is 11.8 Å². The molecular formula is C16H20FNO. The first kappa shape index (κ1) is 12.6. The van der Waals surface area contributed by atoms with Gasteiger partial charge in [0.1, 0.15) is 5.82 Å². The summed E-state index contributed by atoms with van der Waals surface area (Å²) < 4.78 is 13.7. The monoisotopic (exact) mass is 261 g/mol. The minimum absolute atomic E-state index is 0.0500. The van der Waals surface area contributed by atoms with Crippen LogP contribution in [-0.4, -0.2) is 18.9 Å². The Balaban J connectivity index is 1.96. The van der Waals surface area contributed by atoms with Crippen molar-refractivity contribution in [3.05, 3.63) is 29.1 Å². The number of anilines is 1. The van der Waals surface area contributed by atoms with Crippen LogP contribution in [0.25, 0.3) is 0 Å². The molecule has 102 valence electrons. The summed E-state index contributed by atoms with van der Waals surface area (Å²) in [5, 5.41) is 0. The van der Waals surface area contributed by atoms with Gasteiger partial charge in [-0.25, -0.2) is 4.39 Å². The van der Waals surface area contributed by atoms with Crippen LogP contribution in [0.3, 0.4) is 0 Å². The van der Waals surface area contributed by atoms with Crippen LogP contribution in [0.5, 0.6) is 0 Å². The van der Waals surface area contributed by atoms with E-state index in [1.54, 1.807) is 6.92 Å². The quantitative estimate of drug-likeness (QED) is 0.758. The maximum Gasteiger partial charge on any atom is 0.161 e. The van der Waals surface area contributed by atoms with E-state index in [1.165, 1.54) is 32.3 Å². The lowest BCUT2D eigenvalue weighted by atomic mass is 10.0. The minimum atomic E-state index is -0.284. The normalized spacial score (nSPS) is 25.7. The number of rotatable bonds is 2. The average Bonchev–Trinajstić information content (AvgIpc) is 2.92. The van der Waals surface area contributed by atoms with Gasteiger partial charge in [0.25, 0.3) is 0 Å². The first-order valence-corrected chi connectivity index (χ1v) is 7.12. The Kier molecular flexibility index (Phi) is 3.08. The van der Waals surface area contributed by atoms with Crippen LogP contribution in [0.2, 0.25) is 0 Å². The van der Waals surface area contributed by atoms with E-state index in [1.807, 2.05) is 6.07 Å². The number of carbonyl (C=O) groups excluding carboxylic acids is 1. The molecule has 0 radical (unpaired) electrons. The topological polar surface area (TPSA) is 20.3 Å². The van der Waals surface area contributed by atoms with Crippen molar-refractivity contribution in [2.75, 3.05) is 18.0 Å². The van der Waals surface area contributed by atoms with Crippen LogP contribution in [-0.2, 0) is 0 Å². The minimum Gasteiger partial charge on any atom is -0.370 e. The first-order chi connectivity index (χ1) is 9.06. The predicted octanol–water partition coefficient (Wildman–Crippen LogP) is 3.57. The lowest BCUT2D eigenvalue weighted by molar-refractivity contribution is 0.101. The lowest BCUT2D eigenvalue weighted by Crippen LogP contribution is -2.23. The SMILES string of the molecule is CC(=O)c1cc(F)c(C)cc1N1CC2CCCC2C1. The van der Waals surface area contributed by atoms with Gasteiger partial charge < -0.3 is 4.90 Å². The molecule has 0 spiro atoms. The van der Waals surface area contributed by atoms with Gasteiger partial charge in [-0.05, 0) is 56.2 Å². The van der Waals surface area contributed by atoms with Crippen molar-refractivity contribution in [1.82, 2.24) is 0 Å². The van der Waals surface area contributed by atoms with Crippen LogP contribution in [0.4, 0.5) is 10.1 Å². The van der Waals surface area contributed by atoms with Crippen LogP contribution in [0.1, 0.15) is 42.1 Å². The maximum atomic E-state index is 13.7. The smallest absolute Gasteiger partial charge is 0.161 e. The van der Waals surface area contributed by atoms with Gasteiger partial charge in [-0.2, -0.15) is 0 Å². The summed E-state index contributed by atoms with van der Waals surface area (Å²) in [6.07, 6.45) is 3.94. The van der Waals surface area contributed by atoms with E-state index < -0.39 is 0 Å². The number of aryl methyl sites for hydroxylation is 1. The van der Waals surface area contributed by atoms with Crippen LogP contribution in [0.15, 0.2) is 12.1 Å². The Morgan fingerprint density at radius 2 is 1.89 bits per heavy atom. The van der Waals surface area contributed by atoms with Gasteiger partial charge in [-0.15, -0.1) is 0 Å². The van der Waals surface area contributed by atoms with Gasteiger partial charge in [0.15, 0.2) is 5.78 Å². The number of hydrogen-bond acceptors (Lipinski definition) is 2. The Bertz CT molecular complexity index is 514. The van der Waals surface area contributed by atoms with E-state index in [-0.39, 0.29) is 11.6 Å². The second kappa shape index (κ2) is 4.62. The fourth-order valence-corrected chi connectivity index (χ4v) is 3.64. The molecular weight excluding hydrogens is 241 g/mol. The molecule has 0 aromatic heterocycles. The van der Waals surface area contributed by atoms with E-state index in [2.05, 4.69) is 4.90 Å². The molecule has 2 atom stereocenters. The Hall–Kier alpha value is -1.38. The molecule has 1 aliphatic carbocycles. The fourth-order valence-electron chi connectivity index (χ4n) is 3.64. The molecule has 2 nitrogen and oxygen atoms in total. The van der Waals surface area contributed by atoms with Gasteiger partial charge in [-0.3, -0.25) is 4.79 Å². The van der Waals surface area contributed by atoms with Gasteiger partial charge in [-0.1, -0.05) is 6.42 Å². The molecule has 1 aliphatic heterocycles. The van der Waals surface area contributed by atoms with Crippen LogP contribution >= 0.6 is 0 Å². The third kappa shape index (κ3) is 2.15. The lowest BCUT2D eigenvalue weighted by Gasteiger charge is -2.23.